The highest BCUT2D eigenvalue weighted by molar-refractivity contribution is 5.89. The Morgan fingerprint density at radius 3 is 2.96 bits per heavy atom. The summed E-state index contributed by atoms with van der Waals surface area (Å²) in [6, 6.07) is 5.52. The number of aromatic nitrogens is 4. The predicted molar refractivity (Wildman–Crippen MR) is 90.8 cm³/mol. The normalized spacial score (nSPS) is 13.6. The van der Waals surface area contributed by atoms with Crippen LogP contribution in [0.5, 0.6) is 0 Å². The molecule has 1 N–H and O–H groups in total. The van der Waals surface area contributed by atoms with Gasteiger partial charge in [-0.2, -0.15) is 10.1 Å². The zero-order valence-electron chi connectivity index (χ0n) is 14.4. The van der Waals surface area contributed by atoms with Crippen LogP contribution < -0.4 is 5.32 Å². The molecule has 0 saturated carbocycles. The number of halogens is 1. The molecule has 1 aliphatic heterocycles. The van der Waals surface area contributed by atoms with E-state index >= 15 is 0 Å². The average molecular weight is 356 g/mol. The van der Waals surface area contributed by atoms with Gasteiger partial charge in [0.05, 0.1) is 6.54 Å². The number of carbonyl (C=O) groups excluding carboxylic acids is 1. The summed E-state index contributed by atoms with van der Waals surface area (Å²) in [6.07, 6.45) is 0.655. The molecule has 3 heterocycles. The molecule has 0 bridgehead atoms. The second-order valence-electron chi connectivity index (χ2n) is 6.16. The first-order valence-corrected chi connectivity index (χ1v) is 8.18. The van der Waals surface area contributed by atoms with E-state index in [1.165, 1.54) is 12.1 Å². The first-order valence-electron chi connectivity index (χ1n) is 8.18. The molecule has 0 saturated heterocycles. The van der Waals surface area contributed by atoms with E-state index in [2.05, 4.69) is 20.6 Å². The fraction of sp³-hybridized carbons (Fsp3) is 0.294. The lowest BCUT2D eigenvalue weighted by atomic mass is 10.1. The van der Waals surface area contributed by atoms with E-state index in [-0.39, 0.29) is 6.03 Å². The Hall–Kier alpha value is -3.23. The van der Waals surface area contributed by atoms with Crippen LogP contribution in [-0.4, -0.2) is 37.4 Å². The Morgan fingerprint density at radius 2 is 2.23 bits per heavy atom. The van der Waals surface area contributed by atoms with E-state index in [0.717, 1.165) is 11.3 Å². The second-order valence-corrected chi connectivity index (χ2v) is 6.16. The highest BCUT2D eigenvalue weighted by Gasteiger charge is 2.29. The van der Waals surface area contributed by atoms with Gasteiger partial charge in [0.25, 0.3) is 5.89 Å². The van der Waals surface area contributed by atoms with Crippen molar-refractivity contribution in [2.24, 2.45) is 7.05 Å². The number of hydrogen-bond acceptors (Lipinski definition) is 5. The van der Waals surface area contributed by atoms with Gasteiger partial charge in [0.1, 0.15) is 5.82 Å². The third-order valence-corrected chi connectivity index (χ3v) is 4.34. The number of fused-ring (bicyclic) bond motifs is 1. The zero-order chi connectivity index (χ0) is 18.3. The molecule has 4 rings (SSSR count). The Balaban J connectivity index is 1.58. The summed E-state index contributed by atoms with van der Waals surface area (Å²) < 4.78 is 20.3. The molecule has 0 atom stereocenters. The molecule has 2 amide bonds. The lowest BCUT2D eigenvalue weighted by Gasteiger charge is -2.27. The van der Waals surface area contributed by atoms with E-state index in [1.807, 2.05) is 7.05 Å². The number of carbonyl (C=O) groups is 1. The predicted octanol–water partition coefficient (Wildman–Crippen LogP) is 2.51. The molecule has 3 aromatic rings. The molecule has 1 aliphatic rings. The van der Waals surface area contributed by atoms with Gasteiger partial charge in [-0.05, 0) is 25.1 Å². The number of nitrogens with zero attached hydrogens (tertiary/aromatic N) is 5. The number of anilines is 1. The van der Waals surface area contributed by atoms with Crippen molar-refractivity contribution in [1.82, 2.24) is 24.8 Å². The molecule has 26 heavy (non-hydrogen) atoms. The third kappa shape index (κ3) is 2.92. The zero-order valence-corrected chi connectivity index (χ0v) is 14.4. The standard InChI is InChI=1S/C17H17FN6O2/c1-10-19-16(26-22-10)15-13-9-24(7-6-14(13)23(2)21-15)17(25)20-12-5-3-4-11(18)8-12/h3-5,8H,6-7,9H2,1-2H3,(H,20,25). The number of aryl methyl sites for hydroxylation is 2. The van der Waals surface area contributed by atoms with E-state index < -0.39 is 5.82 Å². The fourth-order valence-corrected chi connectivity index (χ4v) is 3.10. The van der Waals surface area contributed by atoms with Crippen molar-refractivity contribution in [2.45, 2.75) is 19.9 Å². The van der Waals surface area contributed by atoms with Gasteiger partial charge in [0, 0.05) is 37.0 Å². The molecule has 0 fully saturated rings. The average Bonchev–Trinajstić information content (AvgIpc) is 3.18. The monoisotopic (exact) mass is 356 g/mol. The smallest absolute Gasteiger partial charge is 0.322 e. The summed E-state index contributed by atoms with van der Waals surface area (Å²) in [5.41, 5.74) is 2.92. The number of rotatable bonds is 2. The molecule has 1 aromatic carbocycles. The summed E-state index contributed by atoms with van der Waals surface area (Å²) in [6.45, 7) is 2.64. The molecule has 0 aliphatic carbocycles. The lowest BCUT2D eigenvalue weighted by Crippen LogP contribution is -2.39. The quantitative estimate of drug-likeness (QED) is 0.762. The summed E-state index contributed by atoms with van der Waals surface area (Å²) in [5, 5.41) is 11.0. The molecular formula is C17H17FN6O2. The van der Waals surface area contributed by atoms with Gasteiger partial charge in [-0.1, -0.05) is 11.2 Å². The van der Waals surface area contributed by atoms with E-state index in [4.69, 9.17) is 4.52 Å². The molecule has 2 aromatic heterocycles. The Kier molecular flexibility index (Phi) is 3.90. The Bertz CT molecular complexity index is 980. The minimum Gasteiger partial charge on any atom is -0.332 e. The molecule has 134 valence electrons. The number of hydrogen-bond donors (Lipinski definition) is 1. The SMILES string of the molecule is Cc1noc(-c2nn(C)c3c2CN(C(=O)Nc2cccc(F)c2)CC3)n1. The van der Waals surface area contributed by atoms with Crippen LogP contribution in [0.1, 0.15) is 17.1 Å². The lowest BCUT2D eigenvalue weighted by molar-refractivity contribution is 0.206. The van der Waals surface area contributed by atoms with Gasteiger partial charge in [-0.15, -0.1) is 0 Å². The number of amides is 2. The maximum absolute atomic E-state index is 13.3. The van der Waals surface area contributed by atoms with Crippen LogP contribution in [0.3, 0.4) is 0 Å². The first kappa shape index (κ1) is 16.2. The number of urea groups is 1. The van der Waals surface area contributed by atoms with Crippen molar-refractivity contribution >= 4 is 11.7 Å². The molecule has 0 spiro atoms. The van der Waals surface area contributed by atoms with Crippen LogP contribution in [0, 0.1) is 12.7 Å². The van der Waals surface area contributed by atoms with E-state index in [9.17, 15) is 9.18 Å². The molecular weight excluding hydrogens is 339 g/mol. The molecule has 0 radical (unpaired) electrons. The summed E-state index contributed by atoms with van der Waals surface area (Å²) in [7, 11) is 1.86. The van der Waals surface area contributed by atoms with Crippen LogP contribution in [0.4, 0.5) is 14.9 Å². The van der Waals surface area contributed by atoms with Crippen molar-refractivity contribution in [3.05, 3.63) is 47.2 Å². The topological polar surface area (TPSA) is 89.1 Å². The second kappa shape index (κ2) is 6.25. The molecule has 9 heteroatoms. The van der Waals surface area contributed by atoms with Gasteiger partial charge in [0.15, 0.2) is 11.5 Å². The molecule has 0 unspecified atom stereocenters. The van der Waals surface area contributed by atoms with Crippen LogP contribution in [0.2, 0.25) is 0 Å². The van der Waals surface area contributed by atoms with Crippen molar-refractivity contribution in [3.63, 3.8) is 0 Å². The minimum atomic E-state index is -0.398. The Morgan fingerprint density at radius 1 is 1.38 bits per heavy atom. The minimum absolute atomic E-state index is 0.294. The van der Waals surface area contributed by atoms with Gasteiger partial charge in [-0.3, -0.25) is 4.68 Å². The van der Waals surface area contributed by atoms with Crippen molar-refractivity contribution in [2.75, 3.05) is 11.9 Å². The van der Waals surface area contributed by atoms with Crippen LogP contribution >= 0.6 is 0 Å². The summed E-state index contributed by atoms with van der Waals surface area (Å²) >= 11 is 0. The van der Waals surface area contributed by atoms with E-state index in [0.29, 0.717) is 42.6 Å². The summed E-state index contributed by atoms with van der Waals surface area (Å²) in [4.78, 5) is 18.5. The highest BCUT2D eigenvalue weighted by Crippen LogP contribution is 2.29. The van der Waals surface area contributed by atoms with E-state index in [1.54, 1.807) is 28.6 Å². The molecule has 8 nitrogen and oxygen atoms in total. The van der Waals surface area contributed by atoms with Crippen molar-refractivity contribution < 1.29 is 13.7 Å². The largest absolute Gasteiger partial charge is 0.332 e. The first-order chi connectivity index (χ1) is 12.5. The van der Waals surface area contributed by atoms with Crippen molar-refractivity contribution in [1.29, 1.82) is 0 Å². The van der Waals surface area contributed by atoms with Gasteiger partial charge in [-0.25, -0.2) is 9.18 Å². The number of nitrogens with one attached hydrogen (secondary N) is 1. The summed E-state index contributed by atoms with van der Waals surface area (Å²) in [5.74, 6) is 0.465. The van der Waals surface area contributed by atoms with Gasteiger partial charge >= 0.3 is 6.03 Å². The van der Waals surface area contributed by atoms with Gasteiger partial charge < -0.3 is 14.7 Å². The maximum atomic E-state index is 13.3. The highest BCUT2D eigenvalue weighted by atomic mass is 19.1. The Labute approximate surface area is 148 Å². The maximum Gasteiger partial charge on any atom is 0.322 e. The van der Waals surface area contributed by atoms with Crippen molar-refractivity contribution in [3.8, 4) is 11.6 Å². The van der Waals surface area contributed by atoms with Crippen LogP contribution in [0.25, 0.3) is 11.6 Å². The van der Waals surface area contributed by atoms with Gasteiger partial charge in [0.2, 0.25) is 0 Å². The van der Waals surface area contributed by atoms with Crippen LogP contribution in [0.15, 0.2) is 28.8 Å². The number of benzene rings is 1. The fourth-order valence-electron chi connectivity index (χ4n) is 3.10. The third-order valence-electron chi connectivity index (χ3n) is 4.34. The van der Waals surface area contributed by atoms with Crippen LogP contribution in [-0.2, 0) is 20.0 Å².